The molecule has 0 aliphatic heterocycles. The molecular formula is C14H17BrFN3. The molecule has 5 heteroatoms. The van der Waals surface area contributed by atoms with E-state index in [9.17, 15) is 4.39 Å². The second-order valence-electron chi connectivity index (χ2n) is 4.78. The highest BCUT2D eigenvalue weighted by Gasteiger charge is 2.17. The lowest BCUT2D eigenvalue weighted by Crippen LogP contribution is -2.17. The number of aromatic nitrogens is 2. The van der Waals surface area contributed by atoms with Gasteiger partial charge in [-0.3, -0.25) is 4.68 Å². The average Bonchev–Trinajstić information content (AvgIpc) is 2.59. The van der Waals surface area contributed by atoms with Gasteiger partial charge >= 0.3 is 0 Å². The molecule has 0 aliphatic carbocycles. The van der Waals surface area contributed by atoms with Crippen LogP contribution in [0.1, 0.15) is 28.6 Å². The van der Waals surface area contributed by atoms with Crippen LogP contribution in [-0.2, 0) is 13.5 Å². The Morgan fingerprint density at radius 2 is 2.11 bits per heavy atom. The van der Waals surface area contributed by atoms with Gasteiger partial charge in [0.05, 0.1) is 15.9 Å². The molecule has 0 saturated heterocycles. The van der Waals surface area contributed by atoms with Crippen LogP contribution in [0.3, 0.4) is 0 Å². The van der Waals surface area contributed by atoms with Crippen molar-refractivity contribution in [3.63, 3.8) is 0 Å². The van der Waals surface area contributed by atoms with Gasteiger partial charge in [0.25, 0.3) is 0 Å². The Morgan fingerprint density at radius 3 is 2.68 bits per heavy atom. The SMILES string of the molecule is Cc1ccc(F)cc1C(N)Cc1c(Br)c(C)nn1C. The van der Waals surface area contributed by atoms with E-state index in [1.165, 1.54) is 12.1 Å². The lowest BCUT2D eigenvalue weighted by Gasteiger charge is -2.15. The van der Waals surface area contributed by atoms with E-state index >= 15 is 0 Å². The molecule has 3 nitrogen and oxygen atoms in total. The Kier molecular flexibility index (Phi) is 4.06. The first-order chi connectivity index (χ1) is 8.90. The van der Waals surface area contributed by atoms with Gasteiger partial charge in [-0.25, -0.2) is 4.39 Å². The number of nitrogens with two attached hydrogens (primary N) is 1. The molecule has 0 radical (unpaired) electrons. The van der Waals surface area contributed by atoms with E-state index in [0.717, 1.165) is 27.0 Å². The van der Waals surface area contributed by atoms with Gasteiger partial charge < -0.3 is 5.73 Å². The Hall–Kier alpha value is -1.20. The van der Waals surface area contributed by atoms with Crippen molar-refractivity contribution in [2.45, 2.75) is 26.3 Å². The molecule has 0 fully saturated rings. The van der Waals surface area contributed by atoms with E-state index in [2.05, 4.69) is 21.0 Å². The van der Waals surface area contributed by atoms with E-state index in [1.807, 2.05) is 25.6 Å². The highest BCUT2D eigenvalue weighted by Crippen LogP contribution is 2.26. The van der Waals surface area contributed by atoms with Gasteiger partial charge in [0.2, 0.25) is 0 Å². The monoisotopic (exact) mass is 325 g/mol. The second-order valence-corrected chi connectivity index (χ2v) is 5.57. The molecular weight excluding hydrogens is 309 g/mol. The molecule has 2 aromatic rings. The maximum absolute atomic E-state index is 13.3. The summed E-state index contributed by atoms with van der Waals surface area (Å²) < 4.78 is 16.1. The number of nitrogens with zero attached hydrogens (tertiary/aromatic N) is 2. The van der Waals surface area contributed by atoms with Gasteiger partial charge in [0.1, 0.15) is 5.82 Å². The largest absolute Gasteiger partial charge is 0.324 e. The minimum atomic E-state index is -0.253. The molecule has 0 saturated carbocycles. The molecule has 1 unspecified atom stereocenters. The number of benzene rings is 1. The fraction of sp³-hybridized carbons (Fsp3) is 0.357. The van der Waals surface area contributed by atoms with E-state index in [1.54, 1.807) is 6.07 Å². The smallest absolute Gasteiger partial charge is 0.123 e. The summed E-state index contributed by atoms with van der Waals surface area (Å²) in [4.78, 5) is 0. The minimum absolute atomic E-state index is 0.248. The normalized spacial score (nSPS) is 12.7. The van der Waals surface area contributed by atoms with Crippen LogP contribution in [0.15, 0.2) is 22.7 Å². The van der Waals surface area contributed by atoms with Crippen LogP contribution in [0.5, 0.6) is 0 Å². The maximum atomic E-state index is 13.3. The summed E-state index contributed by atoms with van der Waals surface area (Å²) in [6.07, 6.45) is 0.613. The lowest BCUT2D eigenvalue weighted by molar-refractivity contribution is 0.607. The van der Waals surface area contributed by atoms with Crippen molar-refractivity contribution in [1.29, 1.82) is 0 Å². The van der Waals surface area contributed by atoms with E-state index in [0.29, 0.717) is 6.42 Å². The average molecular weight is 326 g/mol. The zero-order valence-electron chi connectivity index (χ0n) is 11.2. The summed E-state index contributed by atoms with van der Waals surface area (Å²) in [6.45, 7) is 3.88. The number of aryl methyl sites for hydroxylation is 3. The quantitative estimate of drug-likeness (QED) is 0.941. The lowest BCUT2D eigenvalue weighted by atomic mass is 9.98. The molecule has 19 heavy (non-hydrogen) atoms. The van der Waals surface area contributed by atoms with Crippen LogP contribution in [0.4, 0.5) is 4.39 Å². The van der Waals surface area contributed by atoms with Crippen molar-refractivity contribution in [3.05, 3.63) is 51.0 Å². The van der Waals surface area contributed by atoms with Crippen LogP contribution in [0.25, 0.3) is 0 Å². The first-order valence-corrected chi connectivity index (χ1v) is 6.89. The van der Waals surface area contributed by atoms with Crippen molar-refractivity contribution in [2.24, 2.45) is 12.8 Å². The maximum Gasteiger partial charge on any atom is 0.123 e. The van der Waals surface area contributed by atoms with Crippen LogP contribution >= 0.6 is 15.9 Å². The first-order valence-electron chi connectivity index (χ1n) is 6.09. The van der Waals surface area contributed by atoms with Gasteiger partial charge in [-0.15, -0.1) is 0 Å². The predicted octanol–water partition coefficient (Wildman–Crippen LogP) is 3.18. The summed E-state index contributed by atoms with van der Waals surface area (Å²) in [6, 6.07) is 4.47. The fourth-order valence-corrected chi connectivity index (χ4v) is 2.73. The molecule has 1 aromatic carbocycles. The summed E-state index contributed by atoms with van der Waals surface area (Å²) in [5, 5.41) is 4.34. The van der Waals surface area contributed by atoms with Crippen molar-refractivity contribution in [3.8, 4) is 0 Å². The van der Waals surface area contributed by atoms with E-state index < -0.39 is 0 Å². The Labute approximate surface area is 120 Å². The van der Waals surface area contributed by atoms with E-state index in [-0.39, 0.29) is 11.9 Å². The van der Waals surface area contributed by atoms with Gasteiger partial charge in [-0.1, -0.05) is 6.07 Å². The van der Waals surface area contributed by atoms with Gasteiger partial charge in [-0.05, 0) is 53.0 Å². The highest BCUT2D eigenvalue weighted by molar-refractivity contribution is 9.10. The molecule has 1 atom stereocenters. The van der Waals surface area contributed by atoms with Crippen molar-refractivity contribution in [2.75, 3.05) is 0 Å². The van der Waals surface area contributed by atoms with Crippen molar-refractivity contribution in [1.82, 2.24) is 9.78 Å². The van der Waals surface area contributed by atoms with Crippen LogP contribution in [0, 0.1) is 19.7 Å². The summed E-state index contributed by atoms with van der Waals surface area (Å²) in [5.74, 6) is -0.253. The number of hydrogen-bond acceptors (Lipinski definition) is 2. The Morgan fingerprint density at radius 1 is 1.42 bits per heavy atom. The molecule has 2 rings (SSSR count). The van der Waals surface area contributed by atoms with Crippen LogP contribution in [0.2, 0.25) is 0 Å². The summed E-state index contributed by atoms with van der Waals surface area (Å²) in [7, 11) is 1.89. The molecule has 0 bridgehead atoms. The molecule has 102 valence electrons. The third-order valence-electron chi connectivity index (χ3n) is 3.32. The molecule has 0 spiro atoms. The molecule has 1 aromatic heterocycles. The molecule has 1 heterocycles. The van der Waals surface area contributed by atoms with Crippen LogP contribution in [-0.4, -0.2) is 9.78 Å². The zero-order valence-corrected chi connectivity index (χ0v) is 12.8. The predicted molar refractivity (Wildman–Crippen MR) is 77.4 cm³/mol. The topological polar surface area (TPSA) is 43.8 Å². The molecule has 0 aliphatic rings. The zero-order chi connectivity index (χ0) is 14.2. The number of hydrogen-bond donors (Lipinski definition) is 1. The second kappa shape index (κ2) is 5.43. The summed E-state index contributed by atoms with van der Waals surface area (Å²) >= 11 is 3.52. The first kappa shape index (κ1) is 14.2. The fourth-order valence-electron chi connectivity index (χ4n) is 2.23. The van der Waals surface area contributed by atoms with Gasteiger partial charge in [0.15, 0.2) is 0 Å². The summed E-state index contributed by atoms with van der Waals surface area (Å²) in [5.41, 5.74) is 10.0. The number of halogens is 2. The van der Waals surface area contributed by atoms with Crippen molar-refractivity contribution >= 4 is 15.9 Å². The molecule has 0 amide bonds. The third-order valence-corrected chi connectivity index (χ3v) is 4.35. The van der Waals surface area contributed by atoms with Crippen LogP contribution < -0.4 is 5.73 Å². The Bertz CT molecular complexity index is 607. The standard InChI is InChI=1S/C14H17BrFN3/c1-8-4-5-10(16)6-11(8)12(17)7-13-14(15)9(2)18-19(13)3/h4-6,12H,7,17H2,1-3H3. The third kappa shape index (κ3) is 2.87. The van der Waals surface area contributed by atoms with Crippen molar-refractivity contribution < 1.29 is 4.39 Å². The Balaban J connectivity index is 2.30. The highest BCUT2D eigenvalue weighted by atomic mass is 79.9. The van der Waals surface area contributed by atoms with Gasteiger partial charge in [0, 0.05) is 19.5 Å². The van der Waals surface area contributed by atoms with E-state index in [4.69, 9.17) is 5.73 Å². The minimum Gasteiger partial charge on any atom is -0.324 e. The number of rotatable bonds is 3. The van der Waals surface area contributed by atoms with Gasteiger partial charge in [-0.2, -0.15) is 5.10 Å². The molecule has 2 N–H and O–H groups in total.